The molecule has 0 unspecified atom stereocenters. The van der Waals surface area contributed by atoms with Crippen LogP contribution in [0.3, 0.4) is 0 Å². The molecule has 0 aromatic heterocycles. The Morgan fingerprint density at radius 2 is 1.76 bits per heavy atom. The summed E-state index contributed by atoms with van der Waals surface area (Å²) in [5.74, 6) is 0.448. The van der Waals surface area contributed by atoms with E-state index >= 15 is 0 Å². The number of ether oxygens (including phenoxy) is 1. The van der Waals surface area contributed by atoms with Crippen molar-refractivity contribution < 1.29 is 13.2 Å². The summed E-state index contributed by atoms with van der Waals surface area (Å²) < 4.78 is 33.7. The zero-order chi connectivity index (χ0) is 15.5. The highest BCUT2D eigenvalue weighted by atomic mass is 32.2. The molecule has 1 aliphatic carbocycles. The third-order valence-corrected chi connectivity index (χ3v) is 5.62. The van der Waals surface area contributed by atoms with Crippen LogP contribution < -0.4 is 9.46 Å². The third-order valence-electron chi connectivity index (χ3n) is 4.08. The smallest absolute Gasteiger partial charge is 0.244 e. The maximum atomic E-state index is 12.7. The van der Waals surface area contributed by atoms with Crippen molar-refractivity contribution in [3.8, 4) is 5.75 Å². The lowest BCUT2D eigenvalue weighted by Gasteiger charge is -2.23. The van der Waals surface area contributed by atoms with Gasteiger partial charge < -0.3 is 4.74 Å². The van der Waals surface area contributed by atoms with Gasteiger partial charge in [-0.1, -0.05) is 19.3 Å². The van der Waals surface area contributed by atoms with E-state index in [-0.39, 0.29) is 10.9 Å². The van der Waals surface area contributed by atoms with Gasteiger partial charge in [0.25, 0.3) is 0 Å². The van der Waals surface area contributed by atoms with E-state index in [2.05, 4.69) is 4.72 Å². The average molecular weight is 311 g/mol. The van der Waals surface area contributed by atoms with Gasteiger partial charge in [0, 0.05) is 6.04 Å². The fourth-order valence-corrected chi connectivity index (χ4v) is 4.26. The summed E-state index contributed by atoms with van der Waals surface area (Å²) in [4.78, 5) is 0.262. The predicted octanol–water partition coefficient (Wildman–Crippen LogP) is 3.31. The Labute approximate surface area is 127 Å². The largest absolute Gasteiger partial charge is 0.492 e. The van der Waals surface area contributed by atoms with Crippen molar-refractivity contribution in [1.82, 2.24) is 4.72 Å². The first-order valence-corrected chi connectivity index (χ1v) is 9.18. The van der Waals surface area contributed by atoms with E-state index in [0.717, 1.165) is 36.8 Å². The van der Waals surface area contributed by atoms with Crippen LogP contribution in [0.5, 0.6) is 5.75 Å². The van der Waals surface area contributed by atoms with Crippen molar-refractivity contribution in [3.05, 3.63) is 23.3 Å². The number of benzene rings is 1. The Balaban J connectivity index is 2.31. The molecule has 1 aromatic rings. The highest BCUT2D eigenvalue weighted by molar-refractivity contribution is 7.89. The molecular weight excluding hydrogens is 286 g/mol. The molecule has 1 aliphatic rings. The van der Waals surface area contributed by atoms with Crippen LogP contribution in [0.2, 0.25) is 0 Å². The number of hydrogen-bond donors (Lipinski definition) is 1. The Kier molecular flexibility index (Phi) is 5.27. The maximum Gasteiger partial charge on any atom is 0.244 e. The third kappa shape index (κ3) is 3.98. The number of aryl methyl sites for hydroxylation is 2. The number of rotatable bonds is 5. The lowest BCUT2D eigenvalue weighted by atomic mass is 9.96. The zero-order valence-corrected chi connectivity index (χ0v) is 13.9. The van der Waals surface area contributed by atoms with Crippen molar-refractivity contribution in [1.29, 1.82) is 0 Å². The van der Waals surface area contributed by atoms with Gasteiger partial charge in [0.1, 0.15) is 10.6 Å². The Morgan fingerprint density at radius 1 is 1.14 bits per heavy atom. The van der Waals surface area contributed by atoms with E-state index in [4.69, 9.17) is 4.74 Å². The van der Waals surface area contributed by atoms with Gasteiger partial charge in [0.15, 0.2) is 0 Å². The molecule has 0 radical (unpaired) electrons. The molecule has 0 spiro atoms. The van der Waals surface area contributed by atoms with Gasteiger partial charge in [-0.3, -0.25) is 0 Å². The summed E-state index contributed by atoms with van der Waals surface area (Å²) >= 11 is 0. The van der Waals surface area contributed by atoms with Gasteiger partial charge in [-0.05, 0) is 56.9 Å². The van der Waals surface area contributed by atoms with Gasteiger partial charge in [-0.2, -0.15) is 0 Å². The minimum Gasteiger partial charge on any atom is -0.492 e. The Hall–Kier alpha value is -1.07. The number of nitrogens with one attached hydrogen (secondary N) is 1. The van der Waals surface area contributed by atoms with Gasteiger partial charge in [0.05, 0.1) is 6.61 Å². The van der Waals surface area contributed by atoms with Crippen molar-refractivity contribution in [2.45, 2.75) is 63.8 Å². The molecule has 0 aliphatic heterocycles. The highest BCUT2D eigenvalue weighted by Gasteiger charge is 2.25. The lowest BCUT2D eigenvalue weighted by Crippen LogP contribution is -2.36. The topological polar surface area (TPSA) is 55.4 Å². The van der Waals surface area contributed by atoms with Crippen LogP contribution >= 0.6 is 0 Å². The molecule has 0 amide bonds. The highest BCUT2D eigenvalue weighted by Crippen LogP contribution is 2.29. The summed E-state index contributed by atoms with van der Waals surface area (Å²) in [6.45, 7) is 6.20. The van der Waals surface area contributed by atoms with E-state index < -0.39 is 10.0 Å². The molecular formula is C16H25NO3S. The van der Waals surface area contributed by atoms with Crippen molar-refractivity contribution in [2.24, 2.45) is 0 Å². The fraction of sp³-hybridized carbons (Fsp3) is 0.625. The van der Waals surface area contributed by atoms with E-state index in [1.165, 1.54) is 6.42 Å². The van der Waals surface area contributed by atoms with Crippen molar-refractivity contribution >= 4 is 10.0 Å². The van der Waals surface area contributed by atoms with Gasteiger partial charge in [-0.25, -0.2) is 13.1 Å². The maximum absolute atomic E-state index is 12.7. The normalized spacial score (nSPS) is 16.9. The first kappa shape index (κ1) is 16.3. The molecule has 0 atom stereocenters. The fourth-order valence-electron chi connectivity index (χ4n) is 2.74. The van der Waals surface area contributed by atoms with Crippen LogP contribution in [0.1, 0.15) is 50.2 Å². The predicted molar refractivity (Wildman–Crippen MR) is 84.3 cm³/mol. The molecule has 1 fully saturated rings. The molecule has 21 heavy (non-hydrogen) atoms. The molecule has 1 saturated carbocycles. The molecule has 118 valence electrons. The second kappa shape index (κ2) is 6.79. The molecule has 0 bridgehead atoms. The van der Waals surface area contributed by atoms with Crippen molar-refractivity contribution in [2.75, 3.05) is 6.61 Å². The van der Waals surface area contributed by atoms with Crippen LogP contribution in [0.15, 0.2) is 17.0 Å². The van der Waals surface area contributed by atoms with Gasteiger partial charge >= 0.3 is 0 Å². The molecule has 1 N–H and O–H groups in total. The molecule has 0 saturated heterocycles. The summed E-state index contributed by atoms with van der Waals surface area (Å²) in [6, 6.07) is 3.58. The first-order chi connectivity index (χ1) is 9.94. The van der Waals surface area contributed by atoms with Crippen LogP contribution in [-0.4, -0.2) is 21.1 Å². The van der Waals surface area contributed by atoms with E-state index in [9.17, 15) is 8.42 Å². The van der Waals surface area contributed by atoms with Gasteiger partial charge in [0.2, 0.25) is 10.0 Å². The monoisotopic (exact) mass is 311 g/mol. The molecule has 5 heteroatoms. The molecule has 2 rings (SSSR count). The van der Waals surface area contributed by atoms with Gasteiger partial charge in [-0.15, -0.1) is 0 Å². The van der Waals surface area contributed by atoms with Crippen LogP contribution in [-0.2, 0) is 10.0 Å². The standard InChI is InChI=1S/C16H25NO3S/c1-4-20-15-10-12(2)13(3)11-16(15)21(18,19)17-14-8-6-5-7-9-14/h10-11,14,17H,4-9H2,1-3H3. The second-order valence-corrected chi connectivity index (χ2v) is 7.45. The quantitative estimate of drug-likeness (QED) is 0.907. The van der Waals surface area contributed by atoms with Crippen LogP contribution in [0.25, 0.3) is 0 Å². The SMILES string of the molecule is CCOc1cc(C)c(C)cc1S(=O)(=O)NC1CCCCC1. The summed E-state index contributed by atoms with van der Waals surface area (Å²) in [5, 5.41) is 0. The molecule has 0 heterocycles. The minimum absolute atomic E-state index is 0.0554. The number of hydrogen-bond acceptors (Lipinski definition) is 3. The van der Waals surface area contributed by atoms with Crippen LogP contribution in [0.4, 0.5) is 0 Å². The first-order valence-electron chi connectivity index (χ1n) is 7.70. The summed E-state index contributed by atoms with van der Waals surface area (Å²) in [5.41, 5.74) is 2.00. The number of sulfonamides is 1. The Morgan fingerprint density at radius 3 is 2.38 bits per heavy atom. The average Bonchev–Trinajstić information content (AvgIpc) is 2.43. The van der Waals surface area contributed by atoms with E-state index in [1.54, 1.807) is 6.07 Å². The summed E-state index contributed by atoms with van der Waals surface area (Å²) in [7, 11) is -3.53. The minimum atomic E-state index is -3.53. The van der Waals surface area contributed by atoms with E-state index in [1.807, 2.05) is 26.8 Å². The van der Waals surface area contributed by atoms with Crippen LogP contribution in [0, 0.1) is 13.8 Å². The second-order valence-electron chi connectivity index (χ2n) is 5.77. The van der Waals surface area contributed by atoms with Crippen molar-refractivity contribution in [3.63, 3.8) is 0 Å². The molecule has 4 nitrogen and oxygen atoms in total. The Bertz CT molecular complexity index is 590. The van der Waals surface area contributed by atoms with E-state index in [0.29, 0.717) is 12.4 Å². The zero-order valence-electron chi connectivity index (χ0n) is 13.1. The molecule has 1 aromatic carbocycles. The lowest BCUT2D eigenvalue weighted by molar-refractivity contribution is 0.330. The summed E-state index contributed by atoms with van der Waals surface area (Å²) in [6.07, 6.45) is 5.24.